The van der Waals surface area contributed by atoms with Gasteiger partial charge >= 0.3 is 0 Å². The highest BCUT2D eigenvalue weighted by Gasteiger charge is 2.31. The fraction of sp³-hybridized carbons (Fsp3) is 0.385. The maximum atomic E-state index is 4.71. The molecule has 0 spiro atoms. The topological polar surface area (TPSA) is 26.6 Å². The molecule has 57 heavy (non-hydrogen) atoms. The van der Waals surface area contributed by atoms with Crippen molar-refractivity contribution in [2.24, 2.45) is 7.05 Å². The largest absolute Gasteiger partial charge is 0.299 e. The van der Waals surface area contributed by atoms with E-state index in [4.69, 9.17) is 4.98 Å². The lowest BCUT2D eigenvalue weighted by Gasteiger charge is -2.24. The predicted octanol–water partition coefficient (Wildman–Crippen LogP) is 15.1. The third-order valence-corrected chi connectivity index (χ3v) is 12.2. The van der Waals surface area contributed by atoms with E-state index in [9.17, 15) is 0 Å². The van der Waals surface area contributed by atoms with Gasteiger partial charge in [0.05, 0.1) is 23.2 Å². The molecule has 0 bridgehead atoms. The van der Waals surface area contributed by atoms with Crippen LogP contribution in [0.3, 0.4) is 0 Å². The molecular formula is C52H67N4S+. The minimum atomic E-state index is 0.412. The number of imidazole rings is 2. The fourth-order valence-electron chi connectivity index (χ4n) is 7.86. The van der Waals surface area contributed by atoms with Crippen molar-refractivity contribution in [3.05, 3.63) is 142 Å². The van der Waals surface area contributed by atoms with Crippen LogP contribution in [-0.2, 0) is 7.05 Å². The van der Waals surface area contributed by atoms with Gasteiger partial charge in [0.1, 0.15) is 18.2 Å². The first-order valence-electron chi connectivity index (χ1n) is 21.2. The van der Waals surface area contributed by atoms with Crippen LogP contribution in [0.4, 0.5) is 0 Å². The van der Waals surface area contributed by atoms with Crippen LogP contribution < -0.4 is 4.57 Å². The summed E-state index contributed by atoms with van der Waals surface area (Å²) in [4.78, 5) is 7.74. The van der Waals surface area contributed by atoms with Gasteiger partial charge in [0.15, 0.2) is 5.69 Å². The third-order valence-electron chi connectivity index (χ3n) is 10.4. The molecule has 3 aromatic heterocycles. The van der Waals surface area contributed by atoms with E-state index in [1.54, 1.807) is 0 Å². The van der Waals surface area contributed by atoms with Crippen molar-refractivity contribution in [1.82, 2.24) is 14.1 Å². The number of fused-ring (bicyclic) bond motifs is 1. The van der Waals surface area contributed by atoms with E-state index < -0.39 is 0 Å². The van der Waals surface area contributed by atoms with E-state index in [0.29, 0.717) is 29.6 Å². The standard InChI is InChI=1S/C25H26N2.C24H33N2S.C3H8/c1-17(2)22-16-20-12-8-9-13-21(20)23(18(3)4)24(22)27-15-14-26-25(27)19-10-6-5-7-11-19;1-15(2)20-21(23(17(5)6)27-22(20)16(3)4)26-14-13-25(8)24(26)19-12-10-9-11-18(19)7;1-3-2/h5-18H,1-4H3;9-17H,1-8H3;3H2,1-2H3/q;+1;. The van der Waals surface area contributed by atoms with E-state index in [1.807, 2.05) is 23.6 Å². The van der Waals surface area contributed by atoms with E-state index in [0.717, 1.165) is 11.4 Å². The number of aryl methyl sites for hydroxylation is 2. The molecule has 0 radical (unpaired) electrons. The van der Waals surface area contributed by atoms with Crippen LogP contribution in [0.25, 0.3) is 44.9 Å². The summed E-state index contributed by atoms with van der Waals surface area (Å²) >= 11 is 2.01. The van der Waals surface area contributed by atoms with Gasteiger partial charge in [-0.15, -0.1) is 11.3 Å². The average Bonchev–Trinajstić information content (AvgIpc) is 3.92. The monoisotopic (exact) mass is 780 g/mol. The molecule has 0 unspecified atom stereocenters. The second-order valence-corrected chi connectivity index (χ2v) is 18.0. The summed E-state index contributed by atoms with van der Waals surface area (Å²) < 4.78 is 6.98. The number of benzene rings is 4. The molecule has 0 aliphatic carbocycles. The normalized spacial score (nSPS) is 11.5. The van der Waals surface area contributed by atoms with E-state index in [2.05, 4.69) is 208 Å². The molecule has 0 aliphatic rings. The molecule has 4 nitrogen and oxygen atoms in total. The first-order valence-corrected chi connectivity index (χ1v) is 22.0. The molecule has 0 aliphatic heterocycles. The van der Waals surface area contributed by atoms with Crippen molar-refractivity contribution < 1.29 is 4.57 Å². The number of nitrogens with zero attached hydrogens (tertiary/aromatic N) is 4. The van der Waals surface area contributed by atoms with Crippen molar-refractivity contribution in [3.63, 3.8) is 0 Å². The highest BCUT2D eigenvalue weighted by molar-refractivity contribution is 7.12. The number of hydrogen-bond acceptors (Lipinski definition) is 2. The molecule has 0 saturated heterocycles. The Morgan fingerprint density at radius 1 is 0.632 bits per heavy atom. The highest BCUT2D eigenvalue weighted by atomic mass is 32.1. The average molecular weight is 780 g/mol. The maximum absolute atomic E-state index is 4.71. The van der Waals surface area contributed by atoms with Gasteiger partial charge in [-0.05, 0) is 76.1 Å². The van der Waals surface area contributed by atoms with Gasteiger partial charge in [-0.3, -0.25) is 4.57 Å². The minimum Gasteiger partial charge on any atom is -0.299 e. The van der Waals surface area contributed by atoms with E-state index >= 15 is 0 Å². The maximum Gasteiger partial charge on any atom is 0.294 e. The second-order valence-electron chi connectivity index (χ2n) is 16.9. The molecular weight excluding hydrogens is 713 g/mol. The summed E-state index contributed by atoms with van der Waals surface area (Å²) in [6, 6.07) is 30.2. The van der Waals surface area contributed by atoms with Crippen LogP contribution in [-0.4, -0.2) is 14.1 Å². The molecule has 0 amide bonds. The van der Waals surface area contributed by atoms with Gasteiger partial charge in [0.25, 0.3) is 5.82 Å². The summed E-state index contributed by atoms with van der Waals surface area (Å²) in [6.45, 7) is 29.5. The zero-order valence-corrected chi connectivity index (χ0v) is 38.0. The van der Waals surface area contributed by atoms with Crippen LogP contribution in [0.2, 0.25) is 0 Å². The number of rotatable bonds is 9. The molecule has 5 heteroatoms. The molecule has 0 N–H and O–H groups in total. The summed E-state index contributed by atoms with van der Waals surface area (Å²) in [5.74, 6) is 4.64. The lowest BCUT2D eigenvalue weighted by atomic mass is 9.87. The molecule has 0 saturated carbocycles. The van der Waals surface area contributed by atoms with Crippen molar-refractivity contribution in [2.45, 2.75) is 126 Å². The molecule has 4 aromatic carbocycles. The second kappa shape index (κ2) is 19.1. The van der Waals surface area contributed by atoms with Crippen molar-refractivity contribution in [1.29, 1.82) is 0 Å². The lowest BCUT2D eigenvalue weighted by molar-refractivity contribution is -0.659. The smallest absolute Gasteiger partial charge is 0.294 e. The molecule has 0 atom stereocenters. The summed E-state index contributed by atoms with van der Waals surface area (Å²) in [5, 5.41) is 2.65. The number of aromatic nitrogens is 4. The van der Waals surface area contributed by atoms with Gasteiger partial charge in [0.2, 0.25) is 0 Å². The molecule has 7 aromatic rings. The van der Waals surface area contributed by atoms with Gasteiger partial charge < -0.3 is 0 Å². The quantitative estimate of drug-likeness (QED) is 0.134. The van der Waals surface area contributed by atoms with Gasteiger partial charge in [-0.1, -0.05) is 162 Å². The Bertz CT molecular complexity index is 2360. The molecule has 3 heterocycles. The Morgan fingerprint density at radius 2 is 1.23 bits per heavy atom. The molecule has 0 fully saturated rings. The van der Waals surface area contributed by atoms with Crippen LogP contribution in [0, 0.1) is 6.92 Å². The first-order chi connectivity index (χ1) is 27.2. The summed E-state index contributed by atoms with van der Waals surface area (Å²) in [6.07, 6.45) is 9.68. The van der Waals surface area contributed by atoms with Crippen molar-refractivity contribution >= 4 is 22.1 Å². The zero-order chi connectivity index (χ0) is 41.6. The highest BCUT2D eigenvalue weighted by Crippen LogP contribution is 2.45. The Morgan fingerprint density at radius 3 is 1.82 bits per heavy atom. The zero-order valence-electron chi connectivity index (χ0n) is 37.2. The fourth-order valence-corrected chi connectivity index (χ4v) is 9.32. The van der Waals surface area contributed by atoms with Crippen LogP contribution in [0.15, 0.2) is 110 Å². The third kappa shape index (κ3) is 9.20. The van der Waals surface area contributed by atoms with Crippen molar-refractivity contribution in [2.75, 3.05) is 0 Å². The Labute approximate surface area is 348 Å². The van der Waals surface area contributed by atoms with E-state index in [1.165, 1.54) is 72.0 Å². The molecule has 300 valence electrons. The number of hydrogen-bond donors (Lipinski definition) is 0. The number of thiophene rings is 1. The Kier molecular flexibility index (Phi) is 14.6. The molecule has 7 rings (SSSR count). The van der Waals surface area contributed by atoms with Crippen molar-refractivity contribution in [3.8, 4) is 34.2 Å². The van der Waals surface area contributed by atoms with Gasteiger partial charge in [-0.25, -0.2) is 9.55 Å². The minimum absolute atomic E-state index is 0.412. The van der Waals surface area contributed by atoms with Gasteiger partial charge in [-0.2, -0.15) is 4.57 Å². The summed E-state index contributed by atoms with van der Waals surface area (Å²) in [5.41, 5.74) is 10.7. The Balaban J connectivity index is 0.000000204. The van der Waals surface area contributed by atoms with Crippen LogP contribution in [0.5, 0.6) is 0 Å². The van der Waals surface area contributed by atoms with Crippen LogP contribution >= 0.6 is 11.3 Å². The SMILES string of the molecule is CC(C)c1cc2ccccc2c(C(C)C)c1-n1ccnc1-c1ccccc1.CCC.Cc1ccccc1-c1n(-c2c(C(C)C)sc(C(C)C)c2C(C)C)cc[n+]1C. The summed E-state index contributed by atoms with van der Waals surface area (Å²) in [7, 11) is 2.15. The predicted molar refractivity (Wildman–Crippen MR) is 248 cm³/mol. The van der Waals surface area contributed by atoms with Crippen LogP contribution in [0.1, 0.15) is 151 Å². The first kappa shape index (κ1) is 43.4. The Hall–Kier alpha value is -4.74. The van der Waals surface area contributed by atoms with E-state index in [-0.39, 0.29) is 0 Å². The van der Waals surface area contributed by atoms with Gasteiger partial charge in [0, 0.05) is 28.4 Å². The lowest BCUT2D eigenvalue weighted by Crippen LogP contribution is -2.29.